The molecule has 8 fully saturated rings. The summed E-state index contributed by atoms with van der Waals surface area (Å²) in [5.41, 5.74) is 0. The number of ether oxygens (including phenoxy) is 15. The third-order valence-corrected chi connectivity index (χ3v) is 17.4. The van der Waals surface area contributed by atoms with Gasteiger partial charge in [-0.1, -0.05) is 0 Å². The first-order valence-electron chi connectivity index (χ1n) is 30.1. The third kappa shape index (κ3) is 17.0. The molecule has 0 spiro atoms. The molecule has 0 aromatic carbocycles. The summed E-state index contributed by atoms with van der Waals surface area (Å²) >= 11 is 0. The van der Waals surface area contributed by atoms with Gasteiger partial charge in [0.05, 0.1) is 52.9 Å². The standard InChI is InChI=1S/C52H88N2O41/c1-11(61)53-21-28(68)40(16(6-58)83-45(21)80)91-46-22(54-12(2)62)29(69)41(17(7-59)87-46)92-52-39(79)44(95-51-37(77)33(73)42(18(8-60)88-51)93-49-35(75)31(71)24(64)14(4-56)85-49)27(67)20(90-52)10-82-48-38(78)43(94-50-36(76)32(72)25(65)15(5-57)86-50)26(66)19(89-48)9-81-47-34(74)30(70)23(63)13(3-55)84-47/h13-52,55-60,63-80H,3-10H2,1-2H3,(H,53,61)(H,54,62)/t13-,14-,15-,16-,17-,18-,19-,20-,21-,22-,23-,24-,25-,26-,27-,28-,29-,30+,31+,32+,33-,34+,35+,36+,37+,38+,39+,40-,41-,42-,43+,44+,45-,46?,47?,48?,49?,50?,51?,52?/m1/s1. The van der Waals surface area contributed by atoms with Gasteiger partial charge in [-0.05, 0) is 0 Å². The van der Waals surface area contributed by atoms with Crippen molar-refractivity contribution in [1.29, 1.82) is 0 Å². The monoisotopic (exact) mass is 1400 g/mol. The molecule has 7 unspecified atom stereocenters. The van der Waals surface area contributed by atoms with Gasteiger partial charge in [0.1, 0.15) is 195 Å². The van der Waals surface area contributed by atoms with E-state index in [9.17, 15) is 132 Å². The largest absolute Gasteiger partial charge is 0.394 e. The fourth-order valence-electron chi connectivity index (χ4n) is 12.1. The maximum absolute atomic E-state index is 12.8. The minimum atomic E-state index is -2.45. The van der Waals surface area contributed by atoms with Crippen molar-refractivity contribution in [3.63, 3.8) is 0 Å². The molecule has 43 nitrogen and oxygen atoms in total. The lowest BCUT2D eigenvalue weighted by atomic mass is 9.94. The average molecular weight is 1400 g/mol. The van der Waals surface area contributed by atoms with Crippen molar-refractivity contribution < 1.29 is 203 Å². The zero-order valence-corrected chi connectivity index (χ0v) is 50.4. The first-order valence-corrected chi connectivity index (χ1v) is 30.1. The van der Waals surface area contributed by atoms with Crippen molar-refractivity contribution in [2.45, 2.75) is 259 Å². The van der Waals surface area contributed by atoms with E-state index < -0.39 is 310 Å². The summed E-state index contributed by atoms with van der Waals surface area (Å²) in [6.45, 7) is -6.15. The smallest absolute Gasteiger partial charge is 0.217 e. The van der Waals surface area contributed by atoms with E-state index >= 15 is 0 Å². The van der Waals surface area contributed by atoms with Crippen LogP contribution in [0.1, 0.15) is 13.8 Å². The van der Waals surface area contributed by atoms with Crippen molar-refractivity contribution in [2.24, 2.45) is 0 Å². The number of amides is 2. The minimum Gasteiger partial charge on any atom is -0.394 e. The molecular formula is C52H88N2O41. The predicted octanol–water partition coefficient (Wildman–Crippen LogP) is -18.2. The van der Waals surface area contributed by atoms with E-state index in [-0.39, 0.29) is 0 Å². The van der Waals surface area contributed by atoms with Crippen LogP contribution >= 0.6 is 0 Å². The van der Waals surface area contributed by atoms with E-state index in [1.807, 2.05) is 0 Å². The molecule has 0 saturated carbocycles. The summed E-state index contributed by atoms with van der Waals surface area (Å²) in [4.78, 5) is 24.8. The van der Waals surface area contributed by atoms with Crippen molar-refractivity contribution in [2.75, 3.05) is 52.9 Å². The van der Waals surface area contributed by atoms with Crippen LogP contribution in [-0.2, 0) is 80.6 Å². The average Bonchev–Trinajstić information content (AvgIpc) is 0.782. The Labute approximate surface area is 536 Å². The molecule has 8 rings (SSSR count). The third-order valence-electron chi connectivity index (χ3n) is 17.4. The van der Waals surface area contributed by atoms with E-state index in [0.29, 0.717) is 0 Å². The molecule has 0 bridgehead atoms. The molecule has 2 amide bonds. The second-order valence-corrected chi connectivity index (χ2v) is 23.9. The first-order chi connectivity index (χ1) is 44.9. The molecule has 552 valence electrons. The molecule has 0 aromatic heterocycles. The van der Waals surface area contributed by atoms with Gasteiger partial charge < -0.3 is 204 Å². The number of hydrogen-bond donors (Lipinski definition) is 26. The molecule has 43 heteroatoms. The fourth-order valence-corrected chi connectivity index (χ4v) is 12.1. The molecule has 8 aliphatic heterocycles. The highest BCUT2D eigenvalue weighted by Gasteiger charge is 2.59. The van der Waals surface area contributed by atoms with Gasteiger partial charge in [0, 0.05) is 13.8 Å². The highest BCUT2D eigenvalue weighted by molar-refractivity contribution is 5.73. The molecule has 26 N–H and O–H groups in total. The van der Waals surface area contributed by atoms with Gasteiger partial charge >= 0.3 is 0 Å². The summed E-state index contributed by atoms with van der Waals surface area (Å²) < 4.78 is 86.1. The van der Waals surface area contributed by atoms with Gasteiger partial charge in [-0.15, -0.1) is 0 Å². The molecular weight excluding hydrogens is 1310 g/mol. The van der Waals surface area contributed by atoms with Gasteiger partial charge in [-0.3, -0.25) is 9.59 Å². The second-order valence-electron chi connectivity index (χ2n) is 23.9. The van der Waals surface area contributed by atoms with Crippen LogP contribution in [0.2, 0.25) is 0 Å². The number of nitrogens with one attached hydrogen (secondary N) is 2. The number of aliphatic hydroxyl groups excluding tert-OH is 24. The Kier molecular flexibility index (Phi) is 27.9. The van der Waals surface area contributed by atoms with Gasteiger partial charge in [0.2, 0.25) is 11.8 Å². The number of hydrogen-bond acceptors (Lipinski definition) is 41. The van der Waals surface area contributed by atoms with Crippen LogP contribution in [0, 0.1) is 0 Å². The van der Waals surface area contributed by atoms with Gasteiger partial charge in [0.15, 0.2) is 50.3 Å². The van der Waals surface area contributed by atoms with Crippen molar-refractivity contribution >= 4 is 11.8 Å². The van der Waals surface area contributed by atoms with E-state index in [1.54, 1.807) is 0 Å². The molecule has 0 radical (unpaired) electrons. The van der Waals surface area contributed by atoms with Gasteiger partial charge in [-0.2, -0.15) is 0 Å². The SMILES string of the molecule is CC(=O)N[C@@H]1[C@@H](O)[C@H](OC2O[C@H](CO)[C@@H](OC3O[C@H](COC4O[C@H](COC5O[C@H](CO)[C@@H](O)[C@H](O)[C@@H]5O)[C@@H](O)[C@H](OC5O[C@H](CO)[C@@H](O)[C@H](O)[C@@H]5O)[C@@H]4O)[C@@H](O)[C@H](OC4O[C@H](CO)[C@@H](OC5O[C@H](CO)[C@@H](O)[C@H](O)[C@@H]5O)[C@H](O)[C@@H]4O)[C@@H]3O)[C@H](O)[C@H]2NC(C)=O)[C@@H](CO)O[C@H]1O. The summed E-state index contributed by atoms with van der Waals surface area (Å²) in [6, 6.07) is -3.46. The Hall–Kier alpha value is -2.62. The molecule has 8 heterocycles. The Morgan fingerprint density at radius 3 is 0.968 bits per heavy atom. The highest BCUT2D eigenvalue weighted by atomic mass is 16.8. The van der Waals surface area contributed by atoms with Crippen LogP contribution in [0.15, 0.2) is 0 Å². The molecule has 40 atom stereocenters. The van der Waals surface area contributed by atoms with Crippen LogP contribution in [0.3, 0.4) is 0 Å². The summed E-state index contributed by atoms with van der Waals surface area (Å²) in [5, 5.41) is 265. The highest BCUT2D eigenvalue weighted by Crippen LogP contribution is 2.38. The van der Waals surface area contributed by atoms with Gasteiger partial charge in [-0.25, -0.2) is 0 Å². The van der Waals surface area contributed by atoms with Crippen LogP contribution in [0.5, 0.6) is 0 Å². The maximum Gasteiger partial charge on any atom is 0.217 e. The number of carbonyl (C=O) groups excluding carboxylic acids is 2. The van der Waals surface area contributed by atoms with Crippen LogP contribution < -0.4 is 10.6 Å². The Balaban J connectivity index is 1.09. The summed E-state index contributed by atoms with van der Waals surface area (Å²) in [5.74, 6) is -1.67. The number of rotatable bonds is 24. The second kappa shape index (κ2) is 33.9. The van der Waals surface area contributed by atoms with Crippen LogP contribution in [0.4, 0.5) is 0 Å². The Morgan fingerprint density at radius 1 is 0.274 bits per heavy atom. The molecule has 95 heavy (non-hydrogen) atoms. The van der Waals surface area contributed by atoms with E-state index in [2.05, 4.69) is 10.6 Å². The first kappa shape index (κ1) is 78.1. The lowest BCUT2D eigenvalue weighted by molar-refractivity contribution is -0.393. The van der Waals surface area contributed by atoms with Crippen LogP contribution in [-0.4, -0.2) is 433 Å². The molecule has 8 saturated heterocycles. The molecule has 8 aliphatic rings. The normalized spacial score (nSPS) is 50.8. The van der Waals surface area contributed by atoms with Crippen molar-refractivity contribution in [1.82, 2.24) is 10.6 Å². The van der Waals surface area contributed by atoms with Crippen LogP contribution in [0.25, 0.3) is 0 Å². The van der Waals surface area contributed by atoms with E-state index in [4.69, 9.17) is 71.1 Å². The molecule has 0 aromatic rings. The van der Waals surface area contributed by atoms with E-state index in [1.165, 1.54) is 0 Å². The van der Waals surface area contributed by atoms with Gasteiger partial charge in [0.25, 0.3) is 0 Å². The minimum absolute atomic E-state index is 0.762. The Bertz CT molecular complexity index is 2380. The summed E-state index contributed by atoms with van der Waals surface area (Å²) in [7, 11) is 0. The zero-order valence-electron chi connectivity index (χ0n) is 50.4. The van der Waals surface area contributed by atoms with E-state index in [0.717, 1.165) is 13.8 Å². The maximum atomic E-state index is 12.8. The Morgan fingerprint density at radius 2 is 0.547 bits per heavy atom. The fraction of sp³-hybridized carbons (Fsp3) is 0.962. The number of aliphatic hydroxyl groups is 24. The summed E-state index contributed by atoms with van der Waals surface area (Å²) in [6.07, 6.45) is -76.9. The van der Waals surface area contributed by atoms with Crippen molar-refractivity contribution in [3.8, 4) is 0 Å². The lowest BCUT2D eigenvalue weighted by Crippen LogP contribution is -2.70. The molecule has 0 aliphatic carbocycles. The van der Waals surface area contributed by atoms with Crippen molar-refractivity contribution in [3.05, 3.63) is 0 Å². The topological polar surface area (TPSA) is 682 Å². The zero-order chi connectivity index (χ0) is 69.9. The number of carbonyl (C=O) groups is 2. The quantitative estimate of drug-likeness (QED) is 0.0427. The lowest BCUT2D eigenvalue weighted by Gasteiger charge is -2.50. The predicted molar refractivity (Wildman–Crippen MR) is 288 cm³/mol.